The van der Waals surface area contributed by atoms with Crippen molar-refractivity contribution in [3.8, 4) is 11.5 Å². The Labute approximate surface area is 201 Å². The van der Waals surface area contributed by atoms with Gasteiger partial charge in [0.2, 0.25) is 0 Å². The Bertz CT molecular complexity index is 1340. The number of carbonyl (C=O) groups excluding carboxylic acids is 1. The number of carbonyl (C=O) groups is 1. The maximum absolute atomic E-state index is 13.4. The van der Waals surface area contributed by atoms with Crippen molar-refractivity contribution in [2.24, 2.45) is 5.10 Å². The number of amides is 1. The second-order valence-electron chi connectivity index (χ2n) is 6.97. The van der Waals surface area contributed by atoms with Gasteiger partial charge in [0, 0.05) is 11.6 Å². The Kier molecular flexibility index (Phi) is 8.00. The molecule has 182 valence electrons. The Hall–Kier alpha value is -4.45. The normalized spacial score (nSPS) is 11.1. The van der Waals surface area contributed by atoms with Gasteiger partial charge in [-0.15, -0.1) is 0 Å². The molecule has 0 aromatic heterocycles. The van der Waals surface area contributed by atoms with Crippen molar-refractivity contribution < 1.29 is 27.6 Å². The zero-order valence-electron chi connectivity index (χ0n) is 18.8. The van der Waals surface area contributed by atoms with Crippen molar-refractivity contribution in [2.75, 3.05) is 25.1 Å². The summed E-state index contributed by atoms with van der Waals surface area (Å²) >= 11 is 0. The third-order valence-electron chi connectivity index (χ3n) is 4.79. The van der Waals surface area contributed by atoms with Gasteiger partial charge in [0.25, 0.3) is 21.6 Å². The van der Waals surface area contributed by atoms with Gasteiger partial charge in [-0.05, 0) is 36.4 Å². The van der Waals surface area contributed by atoms with Crippen LogP contribution in [0.15, 0.2) is 82.8 Å². The summed E-state index contributed by atoms with van der Waals surface area (Å²) < 4.78 is 38.0. The molecule has 1 amide bonds. The predicted molar refractivity (Wildman–Crippen MR) is 129 cm³/mol. The number of hydrogen-bond donors (Lipinski definition) is 1. The number of nitrogens with zero attached hydrogens (tertiary/aromatic N) is 3. The third kappa shape index (κ3) is 5.92. The van der Waals surface area contributed by atoms with Crippen LogP contribution in [0.3, 0.4) is 0 Å². The van der Waals surface area contributed by atoms with E-state index in [2.05, 4.69) is 10.5 Å². The number of nitrogens with one attached hydrogen (secondary N) is 1. The number of benzene rings is 3. The van der Waals surface area contributed by atoms with Gasteiger partial charge >= 0.3 is 0 Å². The highest BCUT2D eigenvalue weighted by atomic mass is 32.2. The van der Waals surface area contributed by atoms with Gasteiger partial charge in [-0.2, -0.15) is 5.10 Å². The number of methoxy groups -OCH3 is 2. The van der Waals surface area contributed by atoms with Crippen molar-refractivity contribution in [2.45, 2.75) is 4.90 Å². The summed E-state index contributed by atoms with van der Waals surface area (Å²) in [7, 11) is -1.50. The van der Waals surface area contributed by atoms with Crippen LogP contribution in [0.4, 0.5) is 11.4 Å². The van der Waals surface area contributed by atoms with Gasteiger partial charge in [0.1, 0.15) is 18.0 Å². The number of para-hydroxylation sites is 2. The lowest BCUT2D eigenvalue weighted by atomic mass is 10.2. The predicted octanol–water partition coefficient (Wildman–Crippen LogP) is 2.96. The molecule has 0 aliphatic rings. The molecule has 0 saturated carbocycles. The molecule has 35 heavy (non-hydrogen) atoms. The van der Waals surface area contributed by atoms with Crippen molar-refractivity contribution >= 4 is 33.5 Å². The molecule has 3 aromatic carbocycles. The molecule has 0 fully saturated rings. The van der Waals surface area contributed by atoms with E-state index in [9.17, 15) is 23.3 Å². The molecule has 0 heterocycles. The van der Waals surface area contributed by atoms with Gasteiger partial charge in [-0.25, -0.2) is 13.8 Å². The monoisotopic (exact) mass is 498 g/mol. The molecule has 0 radical (unpaired) electrons. The maximum Gasteiger partial charge on any atom is 0.289 e. The van der Waals surface area contributed by atoms with Crippen LogP contribution in [0.2, 0.25) is 0 Å². The van der Waals surface area contributed by atoms with Crippen LogP contribution in [0.5, 0.6) is 11.5 Å². The van der Waals surface area contributed by atoms with Gasteiger partial charge in [0.15, 0.2) is 4.90 Å². The fraction of sp³-hybridized carbons (Fsp3) is 0.130. The topological polar surface area (TPSA) is 140 Å². The molecule has 3 aromatic rings. The summed E-state index contributed by atoms with van der Waals surface area (Å²) in [5.41, 5.74) is 2.34. The van der Waals surface area contributed by atoms with Gasteiger partial charge in [0.05, 0.1) is 31.0 Å². The average molecular weight is 499 g/mol. The summed E-state index contributed by atoms with van der Waals surface area (Å²) in [6, 6.07) is 17.7. The second-order valence-corrected chi connectivity index (χ2v) is 8.80. The fourth-order valence-electron chi connectivity index (χ4n) is 3.13. The Morgan fingerprint density at radius 2 is 1.74 bits per heavy atom. The minimum atomic E-state index is -4.48. The van der Waals surface area contributed by atoms with E-state index in [0.29, 0.717) is 17.1 Å². The van der Waals surface area contributed by atoms with Crippen LogP contribution in [-0.2, 0) is 14.8 Å². The van der Waals surface area contributed by atoms with Gasteiger partial charge in [-0.1, -0.05) is 30.3 Å². The summed E-state index contributed by atoms with van der Waals surface area (Å²) in [6.07, 6.45) is 1.32. The average Bonchev–Trinajstić information content (AvgIpc) is 2.87. The third-order valence-corrected chi connectivity index (χ3v) is 6.61. The summed E-state index contributed by atoms with van der Waals surface area (Å²) in [5, 5.41) is 15.3. The lowest BCUT2D eigenvalue weighted by Crippen LogP contribution is -2.39. The minimum Gasteiger partial charge on any atom is -0.497 e. The maximum atomic E-state index is 13.4. The molecule has 0 spiro atoms. The van der Waals surface area contributed by atoms with E-state index in [1.54, 1.807) is 36.4 Å². The fourth-order valence-corrected chi connectivity index (χ4v) is 4.72. The first-order valence-corrected chi connectivity index (χ1v) is 11.6. The number of hydrazone groups is 1. The van der Waals surface area contributed by atoms with E-state index < -0.39 is 38.0 Å². The van der Waals surface area contributed by atoms with Crippen molar-refractivity contribution in [3.63, 3.8) is 0 Å². The van der Waals surface area contributed by atoms with E-state index in [1.165, 1.54) is 44.7 Å². The van der Waals surface area contributed by atoms with Crippen molar-refractivity contribution in [1.29, 1.82) is 0 Å². The van der Waals surface area contributed by atoms with E-state index in [-0.39, 0.29) is 5.69 Å². The lowest BCUT2D eigenvalue weighted by molar-refractivity contribution is -0.387. The molecule has 0 saturated heterocycles. The number of nitro groups is 1. The molecule has 0 aliphatic heterocycles. The van der Waals surface area contributed by atoms with Gasteiger partial charge < -0.3 is 9.47 Å². The molecule has 0 bridgehead atoms. The molecule has 0 aliphatic carbocycles. The smallest absolute Gasteiger partial charge is 0.289 e. The highest BCUT2D eigenvalue weighted by Crippen LogP contribution is 2.29. The molecule has 11 nitrogen and oxygen atoms in total. The van der Waals surface area contributed by atoms with Crippen LogP contribution in [-0.4, -0.2) is 46.2 Å². The molecule has 1 N–H and O–H groups in total. The molecule has 0 atom stereocenters. The molecular weight excluding hydrogens is 476 g/mol. The number of anilines is 1. The SMILES string of the molecule is COc1ccc(OC)c(/C=N/NC(=O)CN(c2ccccc2)S(=O)(=O)c2ccccc2[N+](=O)[O-])c1. The van der Waals surface area contributed by atoms with Crippen molar-refractivity contribution in [3.05, 3.63) is 88.5 Å². The van der Waals surface area contributed by atoms with E-state index in [0.717, 1.165) is 16.4 Å². The highest BCUT2D eigenvalue weighted by molar-refractivity contribution is 7.93. The first kappa shape index (κ1) is 25.2. The standard InChI is InChI=1S/C23H22N4O7S/c1-33-19-12-13-21(34-2)17(14-19)15-24-25-23(28)16-26(18-8-4-3-5-9-18)35(31,32)22-11-7-6-10-20(22)27(29)30/h3-15H,16H2,1-2H3,(H,25,28)/b24-15+. The summed E-state index contributed by atoms with van der Waals surface area (Å²) in [4.78, 5) is 22.8. The second kappa shape index (κ2) is 11.1. The summed E-state index contributed by atoms with van der Waals surface area (Å²) in [5.74, 6) is 0.257. The van der Waals surface area contributed by atoms with E-state index in [1.807, 2.05) is 0 Å². The number of hydrogen-bond acceptors (Lipinski definition) is 8. The highest BCUT2D eigenvalue weighted by Gasteiger charge is 2.33. The van der Waals surface area contributed by atoms with Crippen LogP contribution in [0.25, 0.3) is 0 Å². The Balaban J connectivity index is 1.89. The lowest BCUT2D eigenvalue weighted by Gasteiger charge is -2.23. The largest absolute Gasteiger partial charge is 0.497 e. The van der Waals surface area contributed by atoms with Crippen LogP contribution < -0.4 is 19.2 Å². The number of nitro benzene ring substituents is 1. The van der Waals surface area contributed by atoms with E-state index in [4.69, 9.17) is 9.47 Å². The quantitative estimate of drug-likeness (QED) is 0.257. The first-order chi connectivity index (χ1) is 16.8. The minimum absolute atomic E-state index is 0.152. The number of rotatable bonds is 10. The molecular formula is C23H22N4O7S. The van der Waals surface area contributed by atoms with Crippen LogP contribution in [0, 0.1) is 10.1 Å². The number of ether oxygens (including phenoxy) is 2. The van der Waals surface area contributed by atoms with E-state index >= 15 is 0 Å². The van der Waals surface area contributed by atoms with Crippen LogP contribution >= 0.6 is 0 Å². The van der Waals surface area contributed by atoms with Gasteiger partial charge in [-0.3, -0.25) is 19.2 Å². The molecule has 0 unspecified atom stereocenters. The van der Waals surface area contributed by atoms with Crippen LogP contribution in [0.1, 0.15) is 5.56 Å². The Morgan fingerprint density at radius 3 is 2.40 bits per heavy atom. The number of sulfonamides is 1. The van der Waals surface area contributed by atoms with Crippen molar-refractivity contribution in [1.82, 2.24) is 5.43 Å². The first-order valence-electron chi connectivity index (χ1n) is 10.1. The zero-order valence-corrected chi connectivity index (χ0v) is 19.6. The molecule has 3 rings (SSSR count). The summed E-state index contributed by atoms with van der Waals surface area (Å²) in [6.45, 7) is -0.676. The zero-order chi connectivity index (χ0) is 25.4. The molecule has 12 heteroatoms. The Morgan fingerprint density at radius 1 is 1.06 bits per heavy atom.